The highest BCUT2D eigenvalue weighted by molar-refractivity contribution is 7.80. The fraction of sp³-hybridized carbons (Fsp3) is 0.263. The molecule has 1 aliphatic rings. The van der Waals surface area contributed by atoms with Crippen molar-refractivity contribution >= 4 is 28.6 Å². The zero-order valence-corrected chi connectivity index (χ0v) is 14.4. The van der Waals surface area contributed by atoms with Crippen molar-refractivity contribution in [3.8, 4) is 5.75 Å². The van der Waals surface area contributed by atoms with E-state index in [0.29, 0.717) is 5.92 Å². The van der Waals surface area contributed by atoms with Crippen LogP contribution in [0.1, 0.15) is 25.0 Å². The van der Waals surface area contributed by atoms with Gasteiger partial charge in [0.2, 0.25) is 0 Å². The molecule has 0 saturated carbocycles. The van der Waals surface area contributed by atoms with Crippen molar-refractivity contribution in [2.45, 2.75) is 19.9 Å². The Hall–Kier alpha value is -2.20. The Morgan fingerprint density at radius 3 is 2.52 bits per heavy atom. The van der Waals surface area contributed by atoms with Gasteiger partial charge in [0.15, 0.2) is 0 Å². The molecular weight excluding hydrogens is 304 g/mol. The molecule has 23 heavy (non-hydrogen) atoms. The highest BCUT2D eigenvalue weighted by Gasteiger charge is 2.25. The smallest absolute Gasteiger partial charge is 0.119 e. The Morgan fingerprint density at radius 2 is 1.87 bits per heavy atom. The lowest BCUT2D eigenvalue weighted by atomic mass is 10.00. The van der Waals surface area contributed by atoms with Crippen molar-refractivity contribution in [3.05, 3.63) is 59.7 Å². The third-order valence-corrected chi connectivity index (χ3v) is 4.30. The lowest BCUT2D eigenvalue weighted by molar-refractivity contribution is 0.415. The minimum Gasteiger partial charge on any atom is -0.497 e. The predicted octanol–water partition coefficient (Wildman–Crippen LogP) is 4.31. The molecule has 4 heteroatoms. The van der Waals surface area contributed by atoms with E-state index in [-0.39, 0.29) is 6.04 Å². The van der Waals surface area contributed by atoms with E-state index in [0.717, 1.165) is 33.3 Å². The van der Waals surface area contributed by atoms with Crippen LogP contribution in [0, 0.1) is 5.92 Å². The van der Waals surface area contributed by atoms with Crippen molar-refractivity contribution in [2.24, 2.45) is 10.9 Å². The topological polar surface area (TPSA) is 33.6 Å². The molecule has 118 valence electrons. The Balaban J connectivity index is 2.22. The zero-order valence-electron chi connectivity index (χ0n) is 13.5. The minimum atomic E-state index is -0.0430. The number of methoxy groups -OCH3 is 1. The molecule has 0 aliphatic carbocycles. The fourth-order valence-electron chi connectivity index (χ4n) is 2.71. The standard InChI is InChI=1S/C19H20N2OS/c1-12(2)17-19(23)20-16-10-9-14(22-3)11-15(16)18(21-17)13-7-5-4-6-8-13/h4-12,17H,1-3H3,(H,20,23)/t17-/m0/s1. The molecule has 1 N–H and O–H groups in total. The van der Waals surface area contributed by atoms with Gasteiger partial charge in [0.25, 0.3) is 0 Å². The number of fused-ring (bicyclic) bond motifs is 1. The molecule has 2 aromatic carbocycles. The minimum absolute atomic E-state index is 0.0430. The summed E-state index contributed by atoms with van der Waals surface area (Å²) >= 11 is 5.58. The molecule has 1 aliphatic heterocycles. The van der Waals surface area contributed by atoms with Gasteiger partial charge < -0.3 is 10.1 Å². The molecule has 0 spiro atoms. The van der Waals surface area contributed by atoms with Crippen LogP contribution in [0.2, 0.25) is 0 Å². The van der Waals surface area contributed by atoms with E-state index >= 15 is 0 Å². The summed E-state index contributed by atoms with van der Waals surface area (Å²) in [4.78, 5) is 5.76. The van der Waals surface area contributed by atoms with Gasteiger partial charge in [-0.15, -0.1) is 0 Å². The molecule has 0 radical (unpaired) electrons. The molecule has 1 heterocycles. The van der Waals surface area contributed by atoms with Crippen molar-refractivity contribution in [3.63, 3.8) is 0 Å². The van der Waals surface area contributed by atoms with Crippen LogP contribution >= 0.6 is 12.2 Å². The highest BCUT2D eigenvalue weighted by atomic mass is 32.1. The summed E-state index contributed by atoms with van der Waals surface area (Å²) in [7, 11) is 1.67. The van der Waals surface area contributed by atoms with Gasteiger partial charge in [-0.1, -0.05) is 56.4 Å². The number of benzodiazepines with no additional fused rings is 1. The summed E-state index contributed by atoms with van der Waals surface area (Å²) in [5.41, 5.74) is 4.02. The van der Waals surface area contributed by atoms with Crippen LogP contribution < -0.4 is 10.1 Å². The van der Waals surface area contributed by atoms with Gasteiger partial charge in [-0.05, 0) is 24.1 Å². The van der Waals surface area contributed by atoms with Crippen LogP contribution in [0.25, 0.3) is 0 Å². The molecule has 3 nitrogen and oxygen atoms in total. The molecule has 0 aromatic heterocycles. The molecule has 0 amide bonds. The molecular formula is C19H20N2OS. The molecule has 0 bridgehead atoms. The maximum Gasteiger partial charge on any atom is 0.119 e. The van der Waals surface area contributed by atoms with Gasteiger partial charge in [-0.2, -0.15) is 0 Å². The highest BCUT2D eigenvalue weighted by Crippen LogP contribution is 2.29. The number of thiocarbonyl (C=S) groups is 1. The first-order valence-electron chi connectivity index (χ1n) is 7.72. The quantitative estimate of drug-likeness (QED) is 0.854. The van der Waals surface area contributed by atoms with Gasteiger partial charge in [-0.3, -0.25) is 4.99 Å². The summed E-state index contributed by atoms with van der Waals surface area (Å²) in [5.74, 6) is 1.13. The third-order valence-electron chi connectivity index (χ3n) is 3.96. The molecule has 0 fully saturated rings. The first-order chi connectivity index (χ1) is 11.1. The number of ether oxygens (including phenoxy) is 1. The average Bonchev–Trinajstić information content (AvgIpc) is 2.71. The lowest BCUT2D eigenvalue weighted by Gasteiger charge is -2.17. The Morgan fingerprint density at radius 1 is 1.13 bits per heavy atom. The van der Waals surface area contributed by atoms with E-state index in [2.05, 4.69) is 31.3 Å². The maximum atomic E-state index is 5.58. The maximum absolute atomic E-state index is 5.58. The number of aliphatic imine (C=N–C) groups is 1. The number of hydrogen-bond acceptors (Lipinski definition) is 3. The summed E-state index contributed by atoms with van der Waals surface area (Å²) in [5, 5.41) is 3.37. The molecule has 0 unspecified atom stereocenters. The fourth-order valence-corrected chi connectivity index (χ4v) is 3.14. The predicted molar refractivity (Wildman–Crippen MR) is 99.9 cm³/mol. The second kappa shape index (κ2) is 6.50. The van der Waals surface area contributed by atoms with Crippen molar-refractivity contribution in [1.29, 1.82) is 0 Å². The van der Waals surface area contributed by atoms with Crippen LogP contribution in [0.4, 0.5) is 5.69 Å². The number of nitrogens with zero attached hydrogens (tertiary/aromatic N) is 1. The van der Waals surface area contributed by atoms with Crippen molar-refractivity contribution in [1.82, 2.24) is 0 Å². The molecule has 2 aromatic rings. The molecule has 0 saturated heterocycles. The van der Waals surface area contributed by atoms with E-state index in [1.54, 1.807) is 7.11 Å². The van der Waals surface area contributed by atoms with Crippen LogP contribution in [-0.2, 0) is 0 Å². The number of rotatable bonds is 3. The third kappa shape index (κ3) is 3.13. The van der Waals surface area contributed by atoms with E-state index < -0.39 is 0 Å². The molecule has 3 rings (SSSR count). The number of benzene rings is 2. The monoisotopic (exact) mass is 324 g/mol. The first-order valence-corrected chi connectivity index (χ1v) is 8.13. The summed E-state index contributed by atoms with van der Waals surface area (Å²) in [6.07, 6.45) is 0. The average molecular weight is 324 g/mol. The lowest BCUT2D eigenvalue weighted by Crippen LogP contribution is -2.28. The Labute approximate surface area is 142 Å². The van der Waals surface area contributed by atoms with E-state index in [4.69, 9.17) is 21.9 Å². The van der Waals surface area contributed by atoms with Gasteiger partial charge >= 0.3 is 0 Å². The summed E-state index contributed by atoms with van der Waals surface area (Å²) in [6.45, 7) is 4.28. The summed E-state index contributed by atoms with van der Waals surface area (Å²) < 4.78 is 5.39. The van der Waals surface area contributed by atoms with E-state index in [9.17, 15) is 0 Å². The zero-order chi connectivity index (χ0) is 16.4. The summed E-state index contributed by atoms with van der Waals surface area (Å²) in [6, 6.07) is 16.1. The van der Waals surface area contributed by atoms with Gasteiger partial charge in [0.1, 0.15) is 16.8 Å². The van der Waals surface area contributed by atoms with Gasteiger partial charge in [-0.25, -0.2) is 0 Å². The van der Waals surface area contributed by atoms with Crippen molar-refractivity contribution in [2.75, 3.05) is 12.4 Å². The van der Waals surface area contributed by atoms with Crippen LogP contribution in [0.5, 0.6) is 5.75 Å². The Kier molecular flexibility index (Phi) is 4.44. The Bertz CT molecular complexity index is 753. The van der Waals surface area contributed by atoms with Gasteiger partial charge in [0, 0.05) is 16.8 Å². The number of hydrogen-bond donors (Lipinski definition) is 1. The van der Waals surface area contributed by atoms with Crippen LogP contribution in [-0.4, -0.2) is 23.9 Å². The van der Waals surface area contributed by atoms with Crippen LogP contribution in [0.15, 0.2) is 53.5 Å². The van der Waals surface area contributed by atoms with E-state index in [1.165, 1.54) is 0 Å². The van der Waals surface area contributed by atoms with Gasteiger partial charge in [0.05, 0.1) is 12.8 Å². The number of anilines is 1. The largest absolute Gasteiger partial charge is 0.497 e. The van der Waals surface area contributed by atoms with E-state index in [1.807, 2.05) is 36.4 Å². The first kappa shape index (κ1) is 15.7. The van der Waals surface area contributed by atoms with Crippen molar-refractivity contribution < 1.29 is 4.74 Å². The normalized spacial score (nSPS) is 17.1. The molecule has 1 atom stereocenters. The second-order valence-electron chi connectivity index (χ2n) is 5.93. The van der Waals surface area contributed by atoms with Crippen LogP contribution in [0.3, 0.4) is 0 Å². The SMILES string of the molecule is COc1ccc2c(c1)C(c1ccccc1)=N[C@@H](C(C)C)C(=S)N2. The number of nitrogens with one attached hydrogen (secondary N) is 1. The second-order valence-corrected chi connectivity index (χ2v) is 6.37.